The van der Waals surface area contributed by atoms with Crippen molar-refractivity contribution in [2.45, 2.75) is 19.8 Å². The number of fused-ring (bicyclic) bond motifs is 1. The van der Waals surface area contributed by atoms with Gasteiger partial charge in [0.25, 0.3) is 5.91 Å². The van der Waals surface area contributed by atoms with Crippen molar-refractivity contribution >= 4 is 28.3 Å². The quantitative estimate of drug-likeness (QED) is 0.672. The molecule has 0 unspecified atom stereocenters. The second-order valence-electron chi connectivity index (χ2n) is 8.13. The molecule has 0 saturated carbocycles. The van der Waals surface area contributed by atoms with Crippen LogP contribution >= 0.6 is 0 Å². The van der Waals surface area contributed by atoms with Gasteiger partial charge in [-0.3, -0.25) is 4.79 Å². The Bertz CT molecular complexity index is 1060. The van der Waals surface area contributed by atoms with Gasteiger partial charge in [0.15, 0.2) is 0 Å². The highest BCUT2D eigenvalue weighted by molar-refractivity contribution is 6.07. The van der Waals surface area contributed by atoms with Crippen molar-refractivity contribution in [1.29, 1.82) is 0 Å². The smallest absolute Gasteiger partial charge is 0.254 e. The van der Waals surface area contributed by atoms with Crippen LogP contribution in [0, 0.1) is 6.92 Å². The lowest BCUT2D eigenvalue weighted by Gasteiger charge is -2.36. The lowest BCUT2D eigenvalue weighted by atomic mass is 10.0. The molecule has 30 heavy (non-hydrogen) atoms. The van der Waals surface area contributed by atoms with E-state index in [1.54, 1.807) is 0 Å². The molecule has 3 heterocycles. The maximum Gasteiger partial charge on any atom is 0.254 e. The van der Waals surface area contributed by atoms with E-state index in [2.05, 4.69) is 38.0 Å². The van der Waals surface area contributed by atoms with Gasteiger partial charge < -0.3 is 14.7 Å². The topological polar surface area (TPSA) is 52.6 Å². The second kappa shape index (κ2) is 7.94. The third kappa shape index (κ3) is 3.58. The Morgan fingerprint density at radius 1 is 0.800 bits per heavy atom. The Labute approximate surface area is 177 Å². The van der Waals surface area contributed by atoms with Crippen LogP contribution in [0.4, 0.5) is 11.6 Å². The molecule has 2 aliphatic rings. The van der Waals surface area contributed by atoms with E-state index in [4.69, 9.17) is 0 Å². The van der Waals surface area contributed by atoms with Crippen molar-refractivity contribution in [1.82, 2.24) is 14.9 Å². The second-order valence-corrected chi connectivity index (χ2v) is 8.13. The number of anilines is 2. The van der Waals surface area contributed by atoms with Gasteiger partial charge >= 0.3 is 0 Å². The van der Waals surface area contributed by atoms with Crippen molar-refractivity contribution in [3.05, 3.63) is 59.9 Å². The first-order valence-electron chi connectivity index (χ1n) is 10.8. The fraction of sp³-hybridized carbons (Fsp3) is 0.375. The van der Waals surface area contributed by atoms with Gasteiger partial charge in [-0.2, -0.15) is 0 Å². The summed E-state index contributed by atoms with van der Waals surface area (Å²) in [7, 11) is 0. The predicted octanol–water partition coefficient (Wildman–Crippen LogP) is 3.50. The number of benzene rings is 2. The number of carbonyl (C=O) groups is 1. The van der Waals surface area contributed by atoms with Crippen LogP contribution in [0.5, 0.6) is 0 Å². The van der Waals surface area contributed by atoms with Gasteiger partial charge in [0.1, 0.15) is 17.5 Å². The van der Waals surface area contributed by atoms with E-state index < -0.39 is 0 Å². The molecule has 1 aromatic heterocycles. The van der Waals surface area contributed by atoms with Crippen LogP contribution in [-0.4, -0.2) is 60.0 Å². The first-order chi connectivity index (χ1) is 14.7. The van der Waals surface area contributed by atoms with Gasteiger partial charge in [-0.25, -0.2) is 9.97 Å². The monoisotopic (exact) mass is 401 g/mol. The summed E-state index contributed by atoms with van der Waals surface area (Å²) >= 11 is 0. The van der Waals surface area contributed by atoms with Gasteiger partial charge in [0.2, 0.25) is 0 Å². The van der Waals surface area contributed by atoms with Gasteiger partial charge in [-0.1, -0.05) is 36.4 Å². The third-order valence-electron chi connectivity index (χ3n) is 6.15. The molecule has 0 aliphatic carbocycles. The molecular formula is C24H27N5O. The van der Waals surface area contributed by atoms with E-state index in [9.17, 15) is 4.79 Å². The van der Waals surface area contributed by atoms with Crippen molar-refractivity contribution in [3.8, 4) is 0 Å². The number of nitrogens with zero attached hydrogens (tertiary/aromatic N) is 5. The Morgan fingerprint density at radius 3 is 2.17 bits per heavy atom. The maximum atomic E-state index is 13.2. The van der Waals surface area contributed by atoms with E-state index in [-0.39, 0.29) is 5.91 Å². The van der Waals surface area contributed by atoms with Gasteiger partial charge in [-0.15, -0.1) is 0 Å². The lowest BCUT2D eigenvalue weighted by Crippen LogP contribution is -2.49. The van der Waals surface area contributed by atoms with Gasteiger partial charge in [-0.05, 0) is 36.6 Å². The standard InChI is InChI=1S/C24H27N5O/c1-18-25-22(27-11-4-5-12-27)17-23(26-18)28-13-15-29(16-14-28)24(30)21-10-6-8-19-7-2-3-9-20(19)21/h2-3,6-10,17H,4-5,11-16H2,1H3. The minimum Gasteiger partial charge on any atom is -0.356 e. The lowest BCUT2D eigenvalue weighted by molar-refractivity contribution is 0.0748. The molecule has 6 nitrogen and oxygen atoms in total. The summed E-state index contributed by atoms with van der Waals surface area (Å²) in [5.74, 6) is 2.93. The highest BCUT2D eigenvalue weighted by Gasteiger charge is 2.25. The number of amides is 1. The fourth-order valence-corrected chi connectivity index (χ4v) is 4.53. The average Bonchev–Trinajstić information content (AvgIpc) is 3.33. The van der Waals surface area contributed by atoms with Gasteiger partial charge in [0.05, 0.1) is 0 Å². The molecular weight excluding hydrogens is 374 g/mol. The summed E-state index contributed by atoms with van der Waals surface area (Å²) in [6.45, 7) is 7.07. The van der Waals surface area contributed by atoms with Crippen LogP contribution < -0.4 is 9.80 Å². The molecule has 6 heteroatoms. The fourth-order valence-electron chi connectivity index (χ4n) is 4.53. The SMILES string of the molecule is Cc1nc(N2CCCC2)cc(N2CCN(C(=O)c3cccc4ccccc34)CC2)n1. The van der Waals surface area contributed by atoms with Gasteiger partial charge in [0, 0.05) is 50.9 Å². The number of hydrogen-bond donors (Lipinski definition) is 0. The van der Waals surface area contributed by atoms with Crippen molar-refractivity contribution < 1.29 is 4.79 Å². The maximum absolute atomic E-state index is 13.2. The zero-order valence-electron chi connectivity index (χ0n) is 17.4. The summed E-state index contributed by atoms with van der Waals surface area (Å²) in [5.41, 5.74) is 0.788. The Balaban J connectivity index is 1.31. The summed E-state index contributed by atoms with van der Waals surface area (Å²) in [6, 6.07) is 16.2. The average molecular weight is 402 g/mol. The number of carbonyl (C=O) groups excluding carboxylic acids is 1. The van der Waals surface area contributed by atoms with E-state index in [1.165, 1.54) is 12.8 Å². The zero-order valence-corrected chi connectivity index (χ0v) is 17.4. The molecule has 0 spiro atoms. The van der Waals surface area contributed by atoms with Crippen LogP contribution in [0.15, 0.2) is 48.5 Å². The molecule has 0 atom stereocenters. The Hall–Kier alpha value is -3.15. The molecule has 3 aromatic rings. The highest BCUT2D eigenvalue weighted by Crippen LogP contribution is 2.25. The summed E-state index contributed by atoms with van der Waals surface area (Å²) in [5, 5.41) is 2.13. The summed E-state index contributed by atoms with van der Waals surface area (Å²) in [4.78, 5) is 29.1. The first-order valence-corrected chi connectivity index (χ1v) is 10.8. The van der Waals surface area contributed by atoms with E-state index in [0.717, 1.165) is 60.0 Å². The molecule has 0 N–H and O–H groups in total. The number of rotatable bonds is 3. The molecule has 2 aromatic carbocycles. The zero-order chi connectivity index (χ0) is 20.5. The molecule has 154 valence electrons. The Morgan fingerprint density at radius 2 is 1.43 bits per heavy atom. The van der Waals surface area contributed by atoms with Crippen molar-refractivity contribution in [3.63, 3.8) is 0 Å². The van der Waals surface area contributed by atoms with Crippen LogP contribution in [0.1, 0.15) is 29.0 Å². The van der Waals surface area contributed by atoms with Crippen LogP contribution in [0.25, 0.3) is 10.8 Å². The highest BCUT2D eigenvalue weighted by atomic mass is 16.2. The molecule has 0 radical (unpaired) electrons. The molecule has 2 aliphatic heterocycles. The van der Waals surface area contributed by atoms with E-state index >= 15 is 0 Å². The van der Waals surface area contributed by atoms with Crippen molar-refractivity contribution in [2.24, 2.45) is 0 Å². The molecule has 2 fully saturated rings. The number of aryl methyl sites for hydroxylation is 1. The number of aromatic nitrogens is 2. The minimum atomic E-state index is 0.114. The molecule has 5 rings (SSSR count). The van der Waals surface area contributed by atoms with Crippen LogP contribution in [0.2, 0.25) is 0 Å². The predicted molar refractivity (Wildman–Crippen MR) is 120 cm³/mol. The van der Waals surface area contributed by atoms with E-state index in [1.807, 2.05) is 42.2 Å². The third-order valence-corrected chi connectivity index (χ3v) is 6.15. The number of hydrogen-bond acceptors (Lipinski definition) is 5. The minimum absolute atomic E-state index is 0.114. The van der Waals surface area contributed by atoms with Crippen LogP contribution in [0.3, 0.4) is 0 Å². The van der Waals surface area contributed by atoms with Crippen molar-refractivity contribution in [2.75, 3.05) is 49.1 Å². The normalized spacial score (nSPS) is 17.0. The van der Waals surface area contributed by atoms with E-state index in [0.29, 0.717) is 13.1 Å². The summed E-state index contributed by atoms with van der Waals surface area (Å²) in [6.07, 6.45) is 2.46. The first kappa shape index (κ1) is 18.9. The van der Waals surface area contributed by atoms with Crippen LogP contribution in [-0.2, 0) is 0 Å². The molecule has 2 saturated heterocycles. The molecule has 0 bridgehead atoms. The Kier molecular flexibility index (Phi) is 4.99. The largest absolute Gasteiger partial charge is 0.356 e. The summed E-state index contributed by atoms with van der Waals surface area (Å²) < 4.78 is 0. The number of piperazine rings is 1. The molecule has 1 amide bonds.